The van der Waals surface area contributed by atoms with Crippen molar-refractivity contribution in [3.63, 3.8) is 0 Å². The maximum Gasteiger partial charge on any atom is 0.337 e. The number of carbonyl (C=O) groups is 1. The third-order valence-electron chi connectivity index (χ3n) is 4.03. The average Bonchev–Trinajstić information content (AvgIpc) is 2.98. The van der Waals surface area contributed by atoms with Gasteiger partial charge in [0.25, 0.3) is 5.56 Å². The molecule has 0 radical (unpaired) electrons. The van der Waals surface area contributed by atoms with E-state index < -0.39 is 0 Å². The fraction of sp³-hybridized carbons (Fsp3) is 0.278. The summed E-state index contributed by atoms with van der Waals surface area (Å²) in [5.74, 6) is 0.272. The van der Waals surface area contributed by atoms with Crippen LogP contribution in [0.15, 0.2) is 35.3 Å². The average molecular weight is 325 g/mol. The van der Waals surface area contributed by atoms with Crippen molar-refractivity contribution in [2.75, 3.05) is 7.11 Å². The fourth-order valence-electron chi connectivity index (χ4n) is 2.82. The van der Waals surface area contributed by atoms with Gasteiger partial charge in [0.2, 0.25) is 0 Å². The van der Waals surface area contributed by atoms with Crippen LogP contribution in [-0.2, 0) is 17.6 Å². The highest BCUT2D eigenvalue weighted by Crippen LogP contribution is 2.16. The van der Waals surface area contributed by atoms with Crippen molar-refractivity contribution in [3.05, 3.63) is 63.3 Å². The number of rotatable bonds is 5. The molecule has 2 N–H and O–H groups in total. The topological polar surface area (TPSA) is 87.8 Å². The molecule has 0 unspecified atom stereocenters. The summed E-state index contributed by atoms with van der Waals surface area (Å²) in [5, 5.41) is 0.640. The smallest absolute Gasteiger partial charge is 0.337 e. The van der Waals surface area contributed by atoms with E-state index in [1.54, 1.807) is 19.1 Å². The Hall–Kier alpha value is -2.89. The summed E-state index contributed by atoms with van der Waals surface area (Å²) < 4.78 is 4.69. The summed E-state index contributed by atoms with van der Waals surface area (Å²) in [6.07, 6.45) is 4.41. The molecule has 0 bridgehead atoms. The van der Waals surface area contributed by atoms with Gasteiger partial charge >= 0.3 is 5.97 Å². The van der Waals surface area contributed by atoms with Crippen LogP contribution in [0, 0.1) is 6.92 Å². The molecule has 0 spiro atoms. The van der Waals surface area contributed by atoms with Crippen LogP contribution in [0.5, 0.6) is 0 Å². The van der Waals surface area contributed by atoms with E-state index in [9.17, 15) is 9.59 Å². The maximum absolute atomic E-state index is 12.1. The van der Waals surface area contributed by atoms with E-state index in [1.807, 2.05) is 18.3 Å². The van der Waals surface area contributed by atoms with Crippen molar-refractivity contribution in [2.45, 2.75) is 26.2 Å². The number of methoxy groups -OCH3 is 1. The number of H-pyrrole nitrogens is 2. The van der Waals surface area contributed by atoms with Crippen molar-refractivity contribution in [1.82, 2.24) is 15.0 Å². The summed E-state index contributed by atoms with van der Waals surface area (Å²) in [4.78, 5) is 33.6. The summed E-state index contributed by atoms with van der Waals surface area (Å²) >= 11 is 0. The van der Waals surface area contributed by atoms with Crippen LogP contribution >= 0.6 is 0 Å². The van der Waals surface area contributed by atoms with Crippen LogP contribution in [0.4, 0.5) is 0 Å². The van der Waals surface area contributed by atoms with E-state index in [1.165, 1.54) is 7.11 Å². The first kappa shape index (κ1) is 16.0. The Kier molecular flexibility index (Phi) is 4.46. The predicted molar refractivity (Wildman–Crippen MR) is 91.3 cm³/mol. The second kappa shape index (κ2) is 6.70. The summed E-state index contributed by atoms with van der Waals surface area (Å²) in [6.45, 7) is 1.76. The Morgan fingerprint density at radius 2 is 1.96 bits per heavy atom. The van der Waals surface area contributed by atoms with Crippen LogP contribution in [0.3, 0.4) is 0 Å². The zero-order chi connectivity index (χ0) is 17.1. The molecule has 6 nitrogen and oxygen atoms in total. The number of benzene rings is 1. The Morgan fingerprint density at radius 1 is 1.21 bits per heavy atom. The molecule has 0 saturated carbocycles. The predicted octanol–water partition coefficient (Wildman–Crippen LogP) is 2.52. The van der Waals surface area contributed by atoms with Crippen molar-refractivity contribution < 1.29 is 9.53 Å². The summed E-state index contributed by atoms with van der Waals surface area (Å²) in [6, 6.07) is 7.40. The molecule has 0 aliphatic carbocycles. The first-order valence-corrected chi connectivity index (χ1v) is 7.82. The zero-order valence-electron chi connectivity index (χ0n) is 13.7. The first-order valence-electron chi connectivity index (χ1n) is 7.82. The number of hydrogen-bond donors (Lipinski definition) is 2. The van der Waals surface area contributed by atoms with Crippen molar-refractivity contribution in [3.8, 4) is 0 Å². The van der Waals surface area contributed by atoms with Gasteiger partial charge in [-0.3, -0.25) is 4.79 Å². The number of aromatic amines is 2. The molecular formula is C18H19N3O3. The molecule has 6 heteroatoms. The third kappa shape index (κ3) is 3.22. The molecule has 0 amide bonds. The lowest BCUT2D eigenvalue weighted by Crippen LogP contribution is -2.10. The molecule has 0 saturated heterocycles. The normalized spacial score (nSPS) is 10.9. The second-order valence-electron chi connectivity index (χ2n) is 5.73. The molecule has 24 heavy (non-hydrogen) atoms. The van der Waals surface area contributed by atoms with Crippen LogP contribution in [0.1, 0.15) is 33.7 Å². The van der Waals surface area contributed by atoms with Gasteiger partial charge in [0.1, 0.15) is 11.5 Å². The maximum atomic E-state index is 12.1. The van der Waals surface area contributed by atoms with Gasteiger partial charge in [0, 0.05) is 6.20 Å². The Labute approximate surface area is 138 Å². The molecule has 0 aliphatic rings. The number of aromatic nitrogens is 3. The monoisotopic (exact) mass is 325 g/mol. The molecule has 1 aromatic carbocycles. The summed E-state index contributed by atoms with van der Waals surface area (Å²) in [7, 11) is 1.37. The molecule has 0 fully saturated rings. The number of nitrogens with zero attached hydrogens (tertiary/aromatic N) is 1. The van der Waals surface area contributed by atoms with Crippen molar-refractivity contribution in [2.24, 2.45) is 0 Å². The lowest BCUT2D eigenvalue weighted by atomic mass is 10.0. The number of esters is 1. The number of nitrogens with one attached hydrogen (secondary N) is 2. The molecule has 0 aliphatic heterocycles. The van der Waals surface area contributed by atoms with Gasteiger partial charge in [-0.2, -0.15) is 0 Å². The minimum atomic E-state index is -0.331. The van der Waals surface area contributed by atoms with Gasteiger partial charge in [0.15, 0.2) is 0 Å². The third-order valence-corrected chi connectivity index (χ3v) is 4.03. The number of carbonyl (C=O) groups excluding carboxylic acids is 1. The molecular weight excluding hydrogens is 306 g/mol. The molecule has 3 aromatic rings. The van der Waals surface area contributed by atoms with Gasteiger partial charge in [-0.25, -0.2) is 9.78 Å². The SMILES string of the molecule is COC(=O)c1ccc(CCCc2c[nH]c3nc(C)[nH]c(=O)c23)cc1. The zero-order valence-corrected chi connectivity index (χ0v) is 13.7. The van der Waals surface area contributed by atoms with E-state index in [0.29, 0.717) is 22.4 Å². The Balaban J connectivity index is 1.67. The minimum absolute atomic E-state index is 0.101. The van der Waals surface area contributed by atoms with E-state index >= 15 is 0 Å². The number of ether oxygens (including phenoxy) is 1. The standard InChI is InChI=1S/C18H19N3O3/c1-11-20-16-15(17(22)21-11)14(10-19-16)5-3-4-12-6-8-13(9-7-12)18(23)24-2/h6-10H,3-5H2,1-2H3,(H2,19,20,21,22). The van der Waals surface area contributed by atoms with Crippen molar-refractivity contribution in [1.29, 1.82) is 0 Å². The highest BCUT2D eigenvalue weighted by Gasteiger charge is 2.10. The largest absolute Gasteiger partial charge is 0.465 e. The van der Waals surface area contributed by atoms with Crippen LogP contribution in [0.25, 0.3) is 11.0 Å². The lowest BCUT2D eigenvalue weighted by molar-refractivity contribution is 0.0600. The second-order valence-corrected chi connectivity index (χ2v) is 5.73. The first-order chi connectivity index (χ1) is 11.6. The number of hydrogen-bond acceptors (Lipinski definition) is 4. The highest BCUT2D eigenvalue weighted by molar-refractivity contribution is 5.89. The Morgan fingerprint density at radius 3 is 2.67 bits per heavy atom. The van der Waals surface area contributed by atoms with Crippen LogP contribution in [-0.4, -0.2) is 28.0 Å². The van der Waals surface area contributed by atoms with E-state index in [0.717, 1.165) is 30.4 Å². The minimum Gasteiger partial charge on any atom is -0.465 e. The number of fused-ring (bicyclic) bond motifs is 1. The van der Waals surface area contributed by atoms with Gasteiger partial charge in [-0.05, 0) is 49.4 Å². The van der Waals surface area contributed by atoms with E-state index in [2.05, 4.69) is 19.7 Å². The van der Waals surface area contributed by atoms with Gasteiger partial charge in [0.05, 0.1) is 18.1 Å². The lowest BCUT2D eigenvalue weighted by Gasteiger charge is -2.03. The van der Waals surface area contributed by atoms with Gasteiger partial charge in [-0.1, -0.05) is 12.1 Å². The molecule has 0 atom stereocenters. The van der Waals surface area contributed by atoms with E-state index in [4.69, 9.17) is 0 Å². The van der Waals surface area contributed by atoms with Crippen LogP contribution in [0.2, 0.25) is 0 Å². The quantitative estimate of drug-likeness (QED) is 0.706. The fourth-order valence-corrected chi connectivity index (χ4v) is 2.82. The molecule has 2 heterocycles. The highest BCUT2D eigenvalue weighted by atomic mass is 16.5. The van der Waals surface area contributed by atoms with Crippen molar-refractivity contribution >= 4 is 17.0 Å². The molecule has 3 rings (SSSR count). The van der Waals surface area contributed by atoms with Gasteiger partial charge in [-0.15, -0.1) is 0 Å². The molecule has 2 aromatic heterocycles. The Bertz CT molecular complexity index is 923. The van der Waals surface area contributed by atoms with E-state index in [-0.39, 0.29) is 11.5 Å². The van der Waals surface area contributed by atoms with Gasteiger partial charge < -0.3 is 14.7 Å². The van der Waals surface area contributed by atoms with Crippen LogP contribution < -0.4 is 5.56 Å². The number of aryl methyl sites for hydroxylation is 3. The molecule has 124 valence electrons. The summed E-state index contributed by atoms with van der Waals surface area (Å²) in [5.41, 5.74) is 3.20.